The van der Waals surface area contributed by atoms with Crippen molar-refractivity contribution in [1.82, 2.24) is 5.32 Å². The maximum Gasteiger partial charge on any atom is 0.134 e. The monoisotopic (exact) mass is 209 g/mol. The van der Waals surface area contributed by atoms with Crippen LogP contribution in [0.15, 0.2) is 30.3 Å². The van der Waals surface area contributed by atoms with Gasteiger partial charge in [-0.1, -0.05) is 54.3 Å². The molecule has 1 aromatic carbocycles. The van der Waals surface area contributed by atoms with Gasteiger partial charge in [0, 0.05) is 6.04 Å². The van der Waals surface area contributed by atoms with Gasteiger partial charge in [0.05, 0.1) is 5.25 Å². The van der Waals surface area contributed by atoms with Crippen LogP contribution in [0, 0.1) is 0 Å². The zero-order valence-corrected chi connectivity index (χ0v) is 8.99. The third-order valence-corrected chi connectivity index (χ3v) is 3.83. The molecular formula is C10H11NS2. The van der Waals surface area contributed by atoms with Crippen molar-refractivity contribution >= 4 is 28.3 Å². The predicted molar refractivity (Wildman–Crippen MR) is 62.0 cm³/mol. The Morgan fingerprint density at radius 3 is 2.54 bits per heavy atom. The molecule has 1 nitrogen and oxygen atoms in total. The van der Waals surface area contributed by atoms with Crippen LogP contribution < -0.4 is 5.32 Å². The second kappa shape index (κ2) is 3.68. The van der Waals surface area contributed by atoms with Crippen molar-refractivity contribution in [3.8, 4) is 0 Å². The van der Waals surface area contributed by atoms with E-state index in [2.05, 4.69) is 36.5 Å². The average molecular weight is 209 g/mol. The minimum Gasteiger partial charge on any atom is -0.367 e. The number of thiocarbonyl (C=S) groups is 1. The molecule has 2 rings (SSSR count). The normalized spacial score (nSPS) is 27.3. The highest BCUT2D eigenvalue weighted by molar-refractivity contribution is 8.23. The molecule has 0 saturated carbocycles. The van der Waals surface area contributed by atoms with E-state index in [0.29, 0.717) is 11.3 Å². The Morgan fingerprint density at radius 2 is 2.00 bits per heavy atom. The second-order valence-corrected chi connectivity index (χ2v) is 4.99. The highest BCUT2D eigenvalue weighted by Gasteiger charge is 2.28. The van der Waals surface area contributed by atoms with Gasteiger partial charge >= 0.3 is 0 Å². The van der Waals surface area contributed by atoms with Gasteiger partial charge in [0.15, 0.2) is 0 Å². The summed E-state index contributed by atoms with van der Waals surface area (Å²) in [7, 11) is 0. The molecule has 1 heterocycles. The van der Waals surface area contributed by atoms with Gasteiger partial charge in [-0.3, -0.25) is 0 Å². The van der Waals surface area contributed by atoms with Crippen LogP contribution in [0.3, 0.4) is 0 Å². The summed E-state index contributed by atoms with van der Waals surface area (Å²) in [6, 6.07) is 10.9. The van der Waals surface area contributed by atoms with Crippen LogP contribution in [0.4, 0.5) is 0 Å². The Balaban J connectivity index is 2.23. The summed E-state index contributed by atoms with van der Waals surface area (Å²) < 4.78 is 0.918. The highest BCUT2D eigenvalue weighted by Crippen LogP contribution is 2.37. The van der Waals surface area contributed by atoms with Gasteiger partial charge in [-0.2, -0.15) is 0 Å². The zero-order valence-electron chi connectivity index (χ0n) is 7.36. The quantitative estimate of drug-likeness (QED) is 0.714. The van der Waals surface area contributed by atoms with Crippen molar-refractivity contribution in [3.05, 3.63) is 35.9 Å². The highest BCUT2D eigenvalue weighted by atomic mass is 32.2. The van der Waals surface area contributed by atoms with E-state index in [4.69, 9.17) is 12.2 Å². The molecule has 0 spiro atoms. The van der Waals surface area contributed by atoms with Gasteiger partial charge in [0.2, 0.25) is 0 Å². The van der Waals surface area contributed by atoms with Crippen LogP contribution in [0.1, 0.15) is 17.7 Å². The van der Waals surface area contributed by atoms with E-state index in [1.54, 1.807) is 11.8 Å². The molecule has 1 aliphatic heterocycles. The largest absolute Gasteiger partial charge is 0.367 e. The molecule has 1 aliphatic rings. The molecule has 0 unspecified atom stereocenters. The fraction of sp³-hybridized carbons (Fsp3) is 0.300. The van der Waals surface area contributed by atoms with Crippen LogP contribution in [-0.4, -0.2) is 10.4 Å². The number of benzene rings is 1. The number of nitrogens with one attached hydrogen (secondary N) is 1. The molecule has 1 saturated heterocycles. The summed E-state index contributed by atoms with van der Waals surface area (Å²) in [5.74, 6) is 0. The summed E-state index contributed by atoms with van der Waals surface area (Å²) in [6.45, 7) is 2.17. The van der Waals surface area contributed by atoms with Crippen LogP contribution in [0.5, 0.6) is 0 Å². The molecule has 0 radical (unpaired) electrons. The lowest BCUT2D eigenvalue weighted by atomic mass is 10.1. The number of thioether (sulfide) groups is 1. The lowest BCUT2D eigenvalue weighted by Gasteiger charge is -2.12. The minimum atomic E-state index is 0.444. The molecule has 0 aliphatic carbocycles. The van der Waals surface area contributed by atoms with Crippen LogP contribution in [-0.2, 0) is 0 Å². The van der Waals surface area contributed by atoms with E-state index in [0.717, 1.165) is 4.32 Å². The van der Waals surface area contributed by atoms with E-state index >= 15 is 0 Å². The smallest absolute Gasteiger partial charge is 0.134 e. The van der Waals surface area contributed by atoms with Gasteiger partial charge in [-0.25, -0.2) is 0 Å². The van der Waals surface area contributed by atoms with E-state index in [1.165, 1.54) is 5.56 Å². The molecule has 2 atom stereocenters. The molecule has 0 aromatic heterocycles. The summed E-state index contributed by atoms with van der Waals surface area (Å²) in [5, 5.41) is 3.74. The topological polar surface area (TPSA) is 12.0 Å². The molecule has 3 heteroatoms. The number of hydrogen-bond donors (Lipinski definition) is 1. The van der Waals surface area contributed by atoms with E-state index in [1.807, 2.05) is 6.07 Å². The van der Waals surface area contributed by atoms with Crippen LogP contribution in [0.25, 0.3) is 0 Å². The van der Waals surface area contributed by atoms with E-state index in [9.17, 15) is 0 Å². The van der Waals surface area contributed by atoms with Crippen LogP contribution in [0.2, 0.25) is 0 Å². The van der Waals surface area contributed by atoms with Gasteiger partial charge in [0.1, 0.15) is 4.32 Å². The number of hydrogen-bond acceptors (Lipinski definition) is 2. The Kier molecular flexibility index (Phi) is 2.56. The summed E-state index contributed by atoms with van der Waals surface area (Å²) in [6.07, 6.45) is 0. The Bertz CT molecular complexity index is 310. The fourth-order valence-electron chi connectivity index (χ4n) is 1.51. The first-order chi connectivity index (χ1) is 6.27. The molecule has 0 bridgehead atoms. The van der Waals surface area contributed by atoms with E-state index < -0.39 is 0 Å². The summed E-state index contributed by atoms with van der Waals surface area (Å²) in [4.78, 5) is 0. The maximum absolute atomic E-state index is 5.12. The first-order valence-electron chi connectivity index (χ1n) is 4.29. The standard InChI is InChI=1S/C10H11NS2/c1-7-9(13-10(12)11-7)8-5-3-2-4-6-8/h2-7,9H,1H3,(H,11,12)/t7-,9+/m0/s1. The molecule has 1 fully saturated rings. The minimum absolute atomic E-state index is 0.444. The molecule has 68 valence electrons. The van der Waals surface area contributed by atoms with Gasteiger partial charge < -0.3 is 5.32 Å². The van der Waals surface area contributed by atoms with Gasteiger partial charge in [0.25, 0.3) is 0 Å². The Morgan fingerprint density at radius 1 is 1.31 bits per heavy atom. The SMILES string of the molecule is C[C@@H]1NC(=S)S[C@H]1c1ccccc1. The van der Waals surface area contributed by atoms with Gasteiger partial charge in [-0.05, 0) is 12.5 Å². The lowest BCUT2D eigenvalue weighted by Crippen LogP contribution is -2.23. The Labute approximate surface area is 87.9 Å². The third kappa shape index (κ3) is 1.86. The molecule has 0 amide bonds. The maximum atomic E-state index is 5.12. The van der Waals surface area contributed by atoms with Crippen LogP contribution >= 0.6 is 24.0 Å². The van der Waals surface area contributed by atoms with Crippen molar-refractivity contribution in [2.75, 3.05) is 0 Å². The third-order valence-electron chi connectivity index (χ3n) is 2.16. The first-order valence-corrected chi connectivity index (χ1v) is 5.58. The predicted octanol–water partition coefficient (Wildman–Crippen LogP) is 2.74. The molecule has 13 heavy (non-hydrogen) atoms. The first kappa shape index (κ1) is 9.03. The van der Waals surface area contributed by atoms with Crippen molar-refractivity contribution in [2.24, 2.45) is 0 Å². The van der Waals surface area contributed by atoms with E-state index in [-0.39, 0.29) is 0 Å². The molecule has 1 N–H and O–H groups in total. The van der Waals surface area contributed by atoms with Crippen molar-refractivity contribution in [2.45, 2.75) is 18.2 Å². The molecule has 1 aromatic rings. The zero-order chi connectivity index (χ0) is 9.26. The van der Waals surface area contributed by atoms with Crippen molar-refractivity contribution in [1.29, 1.82) is 0 Å². The average Bonchev–Trinajstić information content (AvgIpc) is 2.47. The summed E-state index contributed by atoms with van der Waals surface area (Å²) >= 11 is 6.87. The van der Waals surface area contributed by atoms with Crippen molar-refractivity contribution < 1.29 is 0 Å². The fourth-order valence-corrected chi connectivity index (χ4v) is 3.06. The number of rotatable bonds is 1. The molecular weight excluding hydrogens is 198 g/mol. The summed E-state index contributed by atoms with van der Waals surface area (Å²) in [5.41, 5.74) is 1.35. The second-order valence-electron chi connectivity index (χ2n) is 3.17. The van der Waals surface area contributed by atoms with Gasteiger partial charge in [-0.15, -0.1) is 0 Å². The Hall–Kier alpha value is -0.540. The van der Waals surface area contributed by atoms with Crippen molar-refractivity contribution in [3.63, 3.8) is 0 Å². The lowest BCUT2D eigenvalue weighted by molar-refractivity contribution is 0.674.